The molecule has 33 heavy (non-hydrogen) atoms. The fourth-order valence-electron chi connectivity index (χ4n) is 3.78. The van der Waals surface area contributed by atoms with Gasteiger partial charge in [-0.3, -0.25) is 4.79 Å². The summed E-state index contributed by atoms with van der Waals surface area (Å²) in [5.74, 6) is 0.715. The summed E-state index contributed by atoms with van der Waals surface area (Å²) in [6.45, 7) is 15.0. The molecular formula is C26H33N5O2. The van der Waals surface area contributed by atoms with Crippen LogP contribution in [0.15, 0.2) is 30.3 Å². The van der Waals surface area contributed by atoms with Gasteiger partial charge >= 0.3 is 0 Å². The van der Waals surface area contributed by atoms with Crippen molar-refractivity contribution in [3.05, 3.63) is 47.3 Å². The Hall–Kier alpha value is -3.40. The Morgan fingerprint density at radius 3 is 2.45 bits per heavy atom. The van der Waals surface area contributed by atoms with E-state index in [-0.39, 0.29) is 30.3 Å². The third kappa shape index (κ3) is 5.00. The standard InChI is InChI=1S/C26H33N5O2/c1-8-33-20-12-10-19(11-13-20)30(15-9-14-27)25(32)21-16-22(17(2)3)28-24-23(21)18(4)29-31(24)26(5,6)7/h10-13,16-17H,8-9,15H2,1-7H3. The van der Waals surface area contributed by atoms with Gasteiger partial charge in [0.25, 0.3) is 5.91 Å². The quantitative estimate of drug-likeness (QED) is 0.472. The highest BCUT2D eigenvalue weighted by atomic mass is 16.5. The molecule has 3 rings (SSSR count). The average molecular weight is 448 g/mol. The minimum atomic E-state index is -0.287. The van der Waals surface area contributed by atoms with Crippen LogP contribution in [-0.2, 0) is 5.54 Å². The zero-order valence-corrected chi connectivity index (χ0v) is 20.6. The van der Waals surface area contributed by atoms with Gasteiger partial charge in [-0.15, -0.1) is 0 Å². The molecule has 0 atom stereocenters. The van der Waals surface area contributed by atoms with Crippen LogP contribution in [0.1, 0.15) is 75.6 Å². The number of hydrogen-bond acceptors (Lipinski definition) is 5. The number of nitriles is 1. The molecule has 1 amide bonds. The average Bonchev–Trinajstić information content (AvgIpc) is 3.11. The van der Waals surface area contributed by atoms with Gasteiger partial charge in [-0.2, -0.15) is 10.4 Å². The van der Waals surface area contributed by atoms with E-state index < -0.39 is 0 Å². The van der Waals surface area contributed by atoms with Crippen LogP contribution in [0.4, 0.5) is 5.69 Å². The maximum atomic E-state index is 14.0. The van der Waals surface area contributed by atoms with Crippen molar-refractivity contribution in [2.75, 3.05) is 18.1 Å². The van der Waals surface area contributed by atoms with Crippen LogP contribution in [-0.4, -0.2) is 33.8 Å². The highest BCUT2D eigenvalue weighted by molar-refractivity contribution is 6.14. The molecule has 0 unspecified atom stereocenters. The first-order valence-electron chi connectivity index (χ1n) is 11.4. The van der Waals surface area contributed by atoms with E-state index in [9.17, 15) is 10.1 Å². The number of ether oxygens (including phenoxy) is 1. The molecule has 0 saturated heterocycles. The Balaban J connectivity index is 2.19. The van der Waals surface area contributed by atoms with Crippen LogP contribution in [0.3, 0.4) is 0 Å². The first-order valence-corrected chi connectivity index (χ1v) is 11.4. The normalized spacial score (nSPS) is 11.6. The topological polar surface area (TPSA) is 84.0 Å². The van der Waals surface area contributed by atoms with Gasteiger partial charge < -0.3 is 9.64 Å². The Morgan fingerprint density at radius 1 is 1.24 bits per heavy atom. The predicted molar refractivity (Wildman–Crippen MR) is 131 cm³/mol. The van der Waals surface area contributed by atoms with E-state index in [1.807, 2.05) is 48.9 Å². The van der Waals surface area contributed by atoms with Gasteiger partial charge in [-0.25, -0.2) is 9.67 Å². The lowest BCUT2D eigenvalue weighted by Gasteiger charge is -2.24. The van der Waals surface area contributed by atoms with Gasteiger partial charge in [-0.05, 0) is 70.9 Å². The number of carbonyl (C=O) groups excluding carboxylic acids is 1. The second-order valence-corrected chi connectivity index (χ2v) is 9.41. The van der Waals surface area contributed by atoms with E-state index in [2.05, 4.69) is 40.7 Å². The number of pyridine rings is 1. The van der Waals surface area contributed by atoms with E-state index >= 15 is 0 Å². The number of aryl methyl sites for hydroxylation is 1. The van der Waals surface area contributed by atoms with Crippen molar-refractivity contribution in [2.24, 2.45) is 0 Å². The zero-order chi connectivity index (χ0) is 24.3. The molecule has 0 bridgehead atoms. The van der Waals surface area contributed by atoms with Gasteiger partial charge in [0.05, 0.1) is 41.3 Å². The fraction of sp³-hybridized carbons (Fsp3) is 0.462. The lowest BCUT2D eigenvalue weighted by atomic mass is 10.0. The number of benzene rings is 1. The molecule has 0 N–H and O–H groups in total. The van der Waals surface area contributed by atoms with Crippen LogP contribution in [0.25, 0.3) is 11.0 Å². The van der Waals surface area contributed by atoms with Crippen LogP contribution in [0.2, 0.25) is 0 Å². The molecule has 0 aliphatic carbocycles. The molecule has 174 valence electrons. The highest BCUT2D eigenvalue weighted by Gasteiger charge is 2.28. The van der Waals surface area contributed by atoms with E-state index in [0.29, 0.717) is 17.8 Å². The number of anilines is 1. The molecule has 2 aromatic heterocycles. The van der Waals surface area contributed by atoms with Crippen molar-refractivity contribution < 1.29 is 9.53 Å². The van der Waals surface area contributed by atoms with E-state index in [1.54, 1.807) is 4.90 Å². The number of aromatic nitrogens is 3. The Kier molecular flexibility index (Phi) is 7.06. The van der Waals surface area contributed by atoms with Crippen LogP contribution < -0.4 is 9.64 Å². The van der Waals surface area contributed by atoms with Gasteiger partial charge in [0, 0.05) is 17.9 Å². The van der Waals surface area contributed by atoms with Crippen LogP contribution >= 0.6 is 0 Å². The zero-order valence-electron chi connectivity index (χ0n) is 20.6. The summed E-state index contributed by atoms with van der Waals surface area (Å²) in [7, 11) is 0. The Morgan fingerprint density at radius 2 is 1.91 bits per heavy atom. The lowest BCUT2D eigenvalue weighted by molar-refractivity contribution is 0.0988. The number of carbonyl (C=O) groups is 1. The molecule has 0 aliphatic heterocycles. The third-order valence-electron chi connectivity index (χ3n) is 5.44. The molecule has 0 spiro atoms. The molecule has 3 aromatic rings. The minimum absolute atomic E-state index is 0.141. The SMILES string of the molecule is CCOc1ccc(N(CCC#N)C(=O)c2cc(C(C)C)nc3c2c(C)nn3C(C)(C)C)cc1. The van der Waals surface area contributed by atoms with Gasteiger partial charge in [-0.1, -0.05) is 13.8 Å². The predicted octanol–water partition coefficient (Wildman–Crippen LogP) is 5.58. The summed E-state index contributed by atoms with van der Waals surface area (Å²) < 4.78 is 7.44. The Labute approximate surface area is 196 Å². The van der Waals surface area contributed by atoms with Gasteiger partial charge in [0.15, 0.2) is 5.65 Å². The molecule has 7 heteroatoms. The first kappa shape index (κ1) is 24.2. The largest absolute Gasteiger partial charge is 0.494 e. The fourth-order valence-corrected chi connectivity index (χ4v) is 3.78. The van der Waals surface area contributed by atoms with Gasteiger partial charge in [0.2, 0.25) is 0 Å². The molecule has 7 nitrogen and oxygen atoms in total. The number of nitrogens with zero attached hydrogens (tertiary/aromatic N) is 5. The molecule has 0 radical (unpaired) electrons. The smallest absolute Gasteiger partial charge is 0.259 e. The molecule has 2 heterocycles. The summed E-state index contributed by atoms with van der Waals surface area (Å²) in [5, 5.41) is 14.7. The van der Waals surface area contributed by atoms with Crippen molar-refractivity contribution >= 4 is 22.6 Å². The lowest BCUT2D eigenvalue weighted by Crippen LogP contribution is -2.32. The minimum Gasteiger partial charge on any atom is -0.494 e. The second-order valence-electron chi connectivity index (χ2n) is 9.41. The van der Waals surface area contributed by atoms with Crippen molar-refractivity contribution in [3.63, 3.8) is 0 Å². The maximum Gasteiger partial charge on any atom is 0.259 e. The maximum absolute atomic E-state index is 14.0. The van der Waals surface area contributed by atoms with Crippen molar-refractivity contribution in [1.29, 1.82) is 5.26 Å². The molecule has 1 aromatic carbocycles. The van der Waals surface area contributed by atoms with Crippen LogP contribution in [0.5, 0.6) is 5.75 Å². The van der Waals surface area contributed by atoms with E-state index in [0.717, 1.165) is 28.2 Å². The summed E-state index contributed by atoms with van der Waals surface area (Å²) >= 11 is 0. The monoisotopic (exact) mass is 447 g/mol. The van der Waals surface area contributed by atoms with E-state index in [4.69, 9.17) is 14.8 Å². The molecule has 0 saturated carbocycles. The Bertz CT molecular complexity index is 1180. The third-order valence-corrected chi connectivity index (χ3v) is 5.44. The van der Waals surface area contributed by atoms with Crippen molar-refractivity contribution in [2.45, 2.75) is 66.3 Å². The summed E-state index contributed by atoms with van der Waals surface area (Å²) in [6.07, 6.45) is 0.227. The second kappa shape index (κ2) is 9.62. The molecule has 0 fully saturated rings. The number of fused-ring (bicyclic) bond motifs is 1. The van der Waals surface area contributed by atoms with Crippen molar-refractivity contribution in [3.8, 4) is 11.8 Å². The number of hydrogen-bond donors (Lipinski definition) is 0. The molecule has 0 aliphatic rings. The summed E-state index contributed by atoms with van der Waals surface area (Å²) in [4.78, 5) is 20.5. The molecular weight excluding hydrogens is 414 g/mol. The number of amides is 1. The van der Waals surface area contributed by atoms with Crippen molar-refractivity contribution in [1.82, 2.24) is 14.8 Å². The van der Waals surface area contributed by atoms with Gasteiger partial charge in [0.1, 0.15) is 5.75 Å². The van der Waals surface area contributed by atoms with E-state index in [1.165, 1.54) is 0 Å². The summed E-state index contributed by atoms with van der Waals surface area (Å²) in [5.41, 5.74) is 3.30. The summed E-state index contributed by atoms with van der Waals surface area (Å²) in [6, 6.07) is 11.4. The number of rotatable bonds is 7. The van der Waals surface area contributed by atoms with Crippen LogP contribution in [0, 0.1) is 18.3 Å². The highest BCUT2D eigenvalue weighted by Crippen LogP contribution is 2.31. The first-order chi connectivity index (χ1) is 15.6.